The Morgan fingerprint density at radius 1 is 1.54 bits per heavy atom. The summed E-state index contributed by atoms with van der Waals surface area (Å²) < 4.78 is 15.6. The number of rotatable bonds is 4. The lowest BCUT2D eigenvalue weighted by atomic mass is 9.83. The second-order valence-electron chi connectivity index (χ2n) is 6.65. The van der Waals surface area contributed by atoms with Gasteiger partial charge in [0.1, 0.15) is 12.5 Å². The van der Waals surface area contributed by atoms with Crippen molar-refractivity contribution in [3.63, 3.8) is 0 Å². The van der Waals surface area contributed by atoms with Gasteiger partial charge in [-0.2, -0.15) is 8.97 Å². The van der Waals surface area contributed by atoms with Crippen molar-refractivity contribution in [1.82, 2.24) is 9.47 Å². The molecule has 1 amide bonds. The van der Waals surface area contributed by atoms with Crippen LogP contribution in [0, 0.1) is 5.92 Å². The molecule has 138 valence electrons. The molecular formula is C16H17N3O5S2. The van der Waals surface area contributed by atoms with E-state index in [1.807, 2.05) is 0 Å². The number of hydrogen-bond donors (Lipinski definition) is 1. The summed E-state index contributed by atoms with van der Waals surface area (Å²) in [5, 5.41) is 22.2. The molecule has 4 atom stereocenters. The number of carbonyl (C=O) groups is 2. The van der Waals surface area contributed by atoms with Gasteiger partial charge in [-0.15, -0.1) is 0 Å². The lowest BCUT2D eigenvalue weighted by molar-refractivity contribution is -0.508. The van der Waals surface area contributed by atoms with E-state index in [1.54, 1.807) is 34.8 Å². The van der Waals surface area contributed by atoms with Gasteiger partial charge >= 0.3 is 5.03 Å². The van der Waals surface area contributed by atoms with Crippen LogP contribution in [0.1, 0.15) is 18.2 Å². The van der Waals surface area contributed by atoms with Crippen LogP contribution >= 0.6 is 11.3 Å². The number of aliphatic hydroxyl groups excluding tert-OH is 1. The maximum atomic E-state index is 12.3. The minimum atomic E-state index is -1.40. The maximum Gasteiger partial charge on any atom is 0.365 e. The van der Waals surface area contributed by atoms with Gasteiger partial charge in [0.05, 0.1) is 41.7 Å². The van der Waals surface area contributed by atoms with Crippen molar-refractivity contribution >= 4 is 44.8 Å². The molecule has 2 aliphatic rings. The summed E-state index contributed by atoms with van der Waals surface area (Å²) in [6.07, 6.45) is 4.67. The van der Waals surface area contributed by atoms with Crippen LogP contribution in [-0.4, -0.2) is 49.4 Å². The molecule has 2 aliphatic heterocycles. The average molecular weight is 395 g/mol. The molecule has 0 aromatic carbocycles. The van der Waals surface area contributed by atoms with Gasteiger partial charge in [0.2, 0.25) is 5.91 Å². The van der Waals surface area contributed by atoms with Gasteiger partial charge in [0, 0.05) is 16.7 Å². The summed E-state index contributed by atoms with van der Waals surface area (Å²) in [6.45, 7) is 1.54. The van der Waals surface area contributed by atoms with E-state index in [-0.39, 0.29) is 17.6 Å². The molecule has 0 aliphatic carbocycles. The first-order valence-electron chi connectivity index (χ1n) is 8.02. The Morgan fingerprint density at radius 2 is 2.23 bits per heavy atom. The number of imidazole rings is 1. The Kier molecular flexibility index (Phi) is 3.92. The molecule has 1 saturated heterocycles. The number of aromatic nitrogens is 2. The van der Waals surface area contributed by atoms with Gasteiger partial charge in [0.25, 0.3) is 11.2 Å². The van der Waals surface area contributed by atoms with Crippen molar-refractivity contribution in [3.05, 3.63) is 23.1 Å². The zero-order chi connectivity index (χ0) is 18.9. The highest BCUT2D eigenvalue weighted by Gasteiger charge is 2.55. The highest BCUT2D eigenvalue weighted by molar-refractivity contribution is 7.91. The standard InChI is InChI=1S/C16H17N3O5S2/c1-7(20)11-9-4-8(12(16(22)23)19(9)13(11)21)10-5-18-6-17(2)15(26(3)24)14(18)25-10/h5-7,9,11,20H,4H2,1-3H3/t7-,9-,11-,26?/m1/s1. The molecule has 1 fully saturated rings. The number of thiazole rings is 1. The Bertz CT molecular complexity index is 974. The number of aliphatic hydroxyl groups is 1. The number of carboxylic acid groups (broad SMARTS) is 1. The molecule has 10 heteroatoms. The number of aliphatic carboxylic acids is 1. The van der Waals surface area contributed by atoms with E-state index >= 15 is 0 Å². The van der Waals surface area contributed by atoms with E-state index in [9.17, 15) is 24.4 Å². The molecule has 0 spiro atoms. The number of carboxylic acids is 1. The molecule has 26 heavy (non-hydrogen) atoms. The minimum Gasteiger partial charge on any atom is -0.609 e. The molecule has 4 heterocycles. The van der Waals surface area contributed by atoms with Crippen molar-refractivity contribution in [1.29, 1.82) is 0 Å². The van der Waals surface area contributed by atoms with E-state index in [0.29, 0.717) is 21.9 Å². The number of amides is 1. The van der Waals surface area contributed by atoms with Crippen LogP contribution in [0.2, 0.25) is 0 Å². The summed E-state index contributed by atoms with van der Waals surface area (Å²) in [6, 6.07) is -0.359. The van der Waals surface area contributed by atoms with Gasteiger partial charge in [-0.25, -0.2) is 0 Å². The molecule has 1 unspecified atom stereocenters. The molecule has 2 aromatic rings. The molecule has 1 N–H and O–H groups in total. The SMILES string of the molecule is C[C@@H](O)[C@H]1C(=O)N2C(C(=O)[O-])=C(c3c[n+]4cn(C)c([S+](C)[O-])c4s3)C[C@H]12. The fourth-order valence-corrected chi connectivity index (χ4v) is 6.34. The topological polar surface area (TPSA) is 113 Å². The van der Waals surface area contributed by atoms with Crippen molar-refractivity contribution < 1.29 is 28.8 Å². The van der Waals surface area contributed by atoms with Crippen LogP contribution in [0.5, 0.6) is 0 Å². The number of hydrogen-bond acceptors (Lipinski definition) is 6. The van der Waals surface area contributed by atoms with Crippen molar-refractivity contribution in [2.75, 3.05) is 6.26 Å². The quantitative estimate of drug-likeness (QED) is 0.390. The summed E-state index contributed by atoms with van der Waals surface area (Å²) in [5.74, 6) is -2.38. The first-order valence-corrected chi connectivity index (χ1v) is 10.4. The van der Waals surface area contributed by atoms with E-state index in [0.717, 1.165) is 4.83 Å². The largest absolute Gasteiger partial charge is 0.609 e. The Morgan fingerprint density at radius 3 is 2.81 bits per heavy atom. The highest BCUT2D eigenvalue weighted by Crippen LogP contribution is 2.47. The Hall–Kier alpha value is -1.88. The Balaban J connectivity index is 1.81. The van der Waals surface area contributed by atoms with Crippen LogP contribution in [0.3, 0.4) is 0 Å². The first kappa shape index (κ1) is 17.5. The summed E-state index contributed by atoms with van der Waals surface area (Å²) in [7, 11) is 1.80. The number of aryl methyl sites for hydroxylation is 1. The van der Waals surface area contributed by atoms with Gasteiger partial charge in [-0.1, -0.05) is 11.3 Å². The minimum absolute atomic E-state index is 0.120. The molecule has 8 nitrogen and oxygen atoms in total. The number of β-lactam (4-membered cyclic amide) rings is 1. The van der Waals surface area contributed by atoms with Gasteiger partial charge in [-0.3, -0.25) is 4.79 Å². The predicted molar refractivity (Wildman–Crippen MR) is 91.1 cm³/mol. The van der Waals surface area contributed by atoms with E-state index in [4.69, 9.17) is 0 Å². The van der Waals surface area contributed by atoms with Crippen molar-refractivity contribution in [3.8, 4) is 0 Å². The third-order valence-electron chi connectivity index (χ3n) is 4.99. The van der Waals surface area contributed by atoms with Gasteiger partial charge < -0.3 is 24.5 Å². The van der Waals surface area contributed by atoms with Crippen LogP contribution in [-0.2, 0) is 27.8 Å². The summed E-state index contributed by atoms with van der Waals surface area (Å²) in [5.41, 5.74) is 0.403. The molecule has 2 aromatic heterocycles. The van der Waals surface area contributed by atoms with E-state index in [2.05, 4.69) is 0 Å². The summed E-state index contributed by atoms with van der Waals surface area (Å²) >= 11 is 0.135. The lowest BCUT2D eigenvalue weighted by Crippen LogP contribution is -2.62. The number of nitrogens with zero attached hydrogens (tertiary/aromatic N) is 3. The maximum absolute atomic E-state index is 12.3. The Labute approximate surface area is 156 Å². The summed E-state index contributed by atoms with van der Waals surface area (Å²) in [4.78, 5) is 26.7. The van der Waals surface area contributed by atoms with Crippen LogP contribution in [0.25, 0.3) is 10.4 Å². The second kappa shape index (κ2) is 5.81. The number of fused-ring (bicyclic) bond motifs is 2. The normalized spacial score (nSPS) is 24.8. The van der Waals surface area contributed by atoms with Gasteiger partial charge in [0.15, 0.2) is 0 Å². The average Bonchev–Trinajstić information content (AvgIpc) is 3.13. The van der Waals surface area contributed by atoms with Crippen LogP contribution in [0.15, 0.2) is 23.2 Å². The van der Waals surface area contributed by atoms with Gasteiger partial charge in [-0.05, 0) is 13.3 Å². The van der Waals surface area contributed by atoms with Crippen LogP contribution < -0.4 is 9.51 Å². The zero-order valence-corrected chi connectivity index (χ0v) is 16.0. The van der Waals surface area contributed by atoms with Crippen molar-refractivity contribution in [2.45, 2.75) is 30.5 Å². The third-order valence-corrected chi connectivity index (χ3v) is 7.31. The van der Waals surface area contributed by atoms with E-state index < -0.39 is 29.2 Å². The molecule has 4 rings (SSSR count). The molecular weight excluding hydrogens is 378 g/mol. The third kappa shape index (κ3) is 2.26. The number of carbonyl (C=O) groups excluding carboxylic acids is 2. The highest BCUT2D eigenvalue weighted by atomic mass is 32.2. The fraction of sp³-hybridized carbons (Fsp3) is 0.438. The first-order chi connectivity index (χ1) is 12.2. The van der Waals surface area contributed by atoms with Crippen LogP contribution in [0.4, 0.5) is 0 Å². The predicted octanol–water partition coefficient (Wildman–Crippen LogP) is -1.36. The molecule has 0 saturated carbocycles. The second-order valence-corrected chi connectivity index (χ2v) is 8.98. The van der Waals surface area contributed by atoms with E-state index in [1.165, 1.54) is 23.2 Å². The zero-order valence-electron chi connectivity index (χ0n) is 14.3. The smallest absolute Gasteiger partial charge is 0.365 e. The lowest BCUT2D eigenvalue weighted by Gasteiger charge is -2.45. The molecule has 0 bridgehead atoms. The molecule has 0 radical (unpaired) electrons. The van der Waals surface area contributed by atoms with Crippen molar-refractivity contribution in [2.24, 2.45) is 13.0 Å². The fourth-order valence-electron chi connectivity index (χ4n) is 3.94. The monoisotopic (exact) mass is 395 g/mol.